The van der Waals surface area contributed by atoms with Gasteiger partial charge < -0.3 is 24.4 Å². The molecule has 0 saturated heterocycles. The first-order chi connectivity index (χ1) is 4.94. The largest absolute Gasteiger partial charge is 2.00 e. The van der Waals surface area contributed by atoms with Crippen molar-refractivity contribution < 1.29 is 85.9 Å². The molecule has 0 rings (SSSR count). The van der Waals surface area contributed by atoms with Gasteiger partial charge >= 0.3 is 46.6 Å². The molecule has 0 aliphatic rings. The minimum Gasteiger partial charge on any atom is -0.761 e. The fraction of sp³-hybridized carbons (Fsp3) is 0. The van der Waals surface area contributed by atoms with Crippen LogP contribution < -0.4 is 35.7 Å². The molecule has 10 nitrogen and oxygen atoms in total. The molecule has 0 spiro atoms. The summed E-state index contributed by atoms with van der Waals surface area (Å²) in [5.41, 5.74) is 0. The Balaban J connectivity index is -0.0000000383. The summed E-state index contributed by atoms with van der Waals surface area (Å²) in [6.45, 7) is 0. The summed E-state index contributed by atoms with van der Waals surface area (Å²) in [7, 11) is -13.8. The Morgan fingerprint density at radius 3 is 1.00 bits per heavy atom. The topological polar surface area (TPSA) is 214 Å². The molecule has 0 radical (unpaired) electrons. The van der Waals surface area contributed by atoms with Crippen molar-refractivity contribution in [1.82, 2.24) is 6.15 Å². The van der Waals surface area contributed by atoms with Gasteiger partial charge in [0.05, 0.1) is 10.1 Å². The number of quaternary nitrogens is 1. The molecule has 1 atom stereocenters. The predicted molar refractivity (Wildman–Crippen MR) is 35.1 cm³/mol. The quantitative estimate of drug-likeness (QED) is 0.158. The third-order valence-corrected chi connectivity index (χ3v) is 1.50. The zero-order valence-electron chi connectivity index (χ0n) is 7.25. The van der Waals surface area contributed by atoms with E-state index in [0.717, 1.165) is 0 Å². The van der Waals surface area contributed by atoms with Crippen molar-refractivity contribution in [2.45, 2.75) is 0 Å². The fourth-order valence-corrected chi connectivity index (χ4v) is 0. The number of hydrogen-bond acceptors (Lipinski definition) is 9. The Morgan fingerprint density at radius 2 is 1.00 bits per heavy atom. The van der Waals surface area contributed by atoms with Crippen LogP contribution in [0.2, 0.25) is 0 Å². The molecule has 0 aliphatic heterocycles. The predicted octanol–water partition coefficient (Wildman–Crippen LogP) is -5.63. The molecule has 0 aromatic rings. The van der Waals surface area contributed by atoms with E-state index in [1.807, 2.05) is 0 Å². The van der Waals surface area contributed by atoms with Crippen molar-refractivity contribution in [2.75, 3.05) is 0 Å². The van der Waals surface area contributed by atoms with Crippen LogP contribution in [-0.2, 0) is 46.7 Å². The van der Waals surface area contributed by atoms with Crippen LogP contribution in [0.1, 0.15) is 0 Å². The van der Waals surface area contributed by atoms with Crippen LogP contribution in [0.25, 0.3) is 0 Å². The van der Waals surface area contributed by atoms with Crippen molar-refractivity contribution >= 4 is 29.7 Å². The van der Waals surface area contributed by atoms with Crippen LogP contribution in [0, 0.1) is 0 Å². The molecule has 0 fully saturated rings. The molecule has 1 unspecified atom stereocenters. The summed E-state index contributed by atoms with van der Waals surface area (Å²) in [5.74, 6) is 0. The third kappa shape index (κ3) is 50.6. The third-order valence-electron chi connectivity index (χ3n) is 0.167. The summed E-state index contributed by atoms with van der Waals surface area (Å²) < 4.78 is 79.8. The van der Waals surface area contributed by atoms with Crippen LogP contribution in [-0.4, -0.2) is 39.3 Å². The number of rotatable bonds is 1. The van der Waals surface area contributed by atoms with E-state index in [4.69, 9.17) is 39.3 Å². The first-order valence-electron chi connectivity index (χ1n) is 1.67. The molecule has 0 bridgehead atoms. The minimum atomic E-state index is -5.17. The Kier molecular flexibility index (Phi) is 23.6. The van der Waals surface area contributed by atoms with Crippen molar-refractivity contribution in [2.24, 2.45) is 0 Å². The summed E-state index contributed by atoms with van der Waals surface area (Å²) in [5, 5.41) is 0. The van der Waals surface area contributed by atoms with Gasteiger partial charge in [0.15, 0.2) is 9.15 Å². The Hall–Kier alpha value is 1.37. The van der Waals surface area contributed by atoms with E-state index in [1.54, 1.807) is 0 Å². The maximum atomic E-state index is 9.16. The van der Waals surface area contributed by atoms with Crippen molar-refractivity contribution in [1.29, 1.82) is 0 Å². The first-order valence-corrected chi connectivity index (χ1v) is 6.00. The molecule has 15 heteroatoms. The zero-order valence-corrected chi connectivity index (χ0v) is 12.8. The monoisotopic (exact) mass is 337 g/mol. The molecule has 4 N–H and O–H groups in total. The molecule has 0 aromatic heterocycles. The summed E-state index contributed by atoms with van der Waals surface area (Å²) in [6.07, 6.45) is 0. The van der Waals surface area contributed by atoms with Crippen LogP contribution in [0.3, 0.4) is 0 Å². The Labute approximate surface area is 121 Å². The minimum absolute atomic E-state index is 0. The van der Waals surface area contributed by atoms with Gasteiger partial charge in [-0.2, -0.15) is 0 Å². The maximum Gasteiger partial charge on any atom is 2.00 e. The van der Waals surface area contributed by atoms with Crippen LogP contribution in [0.4, 0.5) is 0 Å². The molecule has 0 amide bonds. The second-order valence-electron chi connectivity index (χ2n) is 1.02. The average Bonchev–Trinajstić information content (AvgIpc) is 1.55. The van der Waals surface area contributed by atoms with E-state index in [0.29, 0.717) is 0 Å². The van der Waals surface area contributed by atoms with Crippen LogP contribution in [0.15, 0.2) is 0 Å². The van der Waals surface area contributed by atoms with E-state index < -0.39 is 29.7 Å². The van der Waals surface area contributed by atoms with Gasteiger partial charge in [0.1, 0.15) is 0 Å². The van der Waals surface area contributed by atoms with Gasteiger partial charge in [-0.25, -0.2) is 8.42 Å². The average molecular weight is 337 g/mol. The molecule has 0 saturated carbocycles. The molecular formula is H4FeNNaO9S3. The molecule has 0 aromatic carbocycles. The van der Waals surface area contributed by atoms with Crippen molar-refractivity contribution in [3.8, 4) is 0 Å². The standard InChI is InChI=1S/Fe.H3N.Na.H2O5S2.H2O4S/c;;;1-6(2)7(3,4)5;1-5(2,3)4/h;1H3;;(H,1,2)(H,3,4,5);(H2,1,2,3,4)/q+2;;+1;;/p-3. The van der Waals surface area contributed by atoms with Crippen molar-refractivity contribution in [3.05, 3.63) is 0 Å². The van der Waals surface area contributed by atoms with Gasteiger partial charge in [-0.3, -0.25) is 12.6 Å². The molecule has 0 aliphatic carbocycles. The molecule has 15 heavy (non-hydrogen) atoms. The Morgan fingerprint density at radius 1 is 0.933 bits per heavy atom. The van der Waals surface area contributed by atoms with Gasteiger partial charge in [-0.1, -0.05) is 0 Å². The fourth-order valence-electron chi connectivity index (χ4n) is 0. The molecular weight excluding hydrogens is 333 g/mol. The van der Waals surface area contributed by atoms with E-state index in [1.165, 1.54) is 0 Å². The SMILES string of the molecule is O=S(=O)([O-])[O-].O=S([O-])S(=O)(=O)[O-].[Fe+2].[NH4+].[Na+]. The van der Waals surface area contributed by atoms with Gasteiger partial charge in [0.25, 0.3) is 0 Å². The summed E-state index contributed by atoms with van der Waals surface area (Å²) >= 11 is 0. The normalized spacial score (nSPS) is 11.5. The van der Waals surface area contributed by atoms with Crippen molar-refractivity contribution in [3.63, 3.8) is 0 Å². The summed E-state index contributed by atoms with van der Waals surface area (Å²) in [6, 6.07) is 0. The molecule has 0 heterocycles. The first kappa shape index (κ1) is 29.9. The molecule has 90 valence electrons. The van der Waals surface area contributed by atoms with Gasteiger partial charge in [-0.15, -0.1) is 0 Å². The van der Waals surface area contributed by atoms with Gasteiger partial charge in [-0.05, 0) is 0 Å². The maximum absolute atomic E-state index is 9.16. The van der Waals surface area contributed by atoms with E-state index in [2.05, 4.69) is 0 Å². The smallest absolute Gasteiger partial charge is 0.761 e. The number of hydrogen-bond donors (Lipinski definition) is 1. The van der Waals surface area contributed by atoms with E-state index in [-0.39, 0.29) is 52.8 Å². The van der Waals surface area contributed by atoms with E-state index >= 15 is 0 Å². The van der Waals surface area contributed by atoms with Crippen LogP contribution >= 0.6 is 0 Å². The Bertz CT molecular complexity index is 334. The van der Waals surface area contributed by atoms with Crippen LogP contribution in [0.5, 0.6) is 0 Å². The zero-order chi connectivity index (χ0) is 10.6. The van der Waals surface area contributed by atoms with Gasteiger partial charge in [0.2, 0.25) is 0 Å². The second-order valence-corrected chi connectivity index (χ2v) is 5.10. The second kappa shape index (κ2) is 11.8. The van der Waals surface area contributed by atoms with E-state index in [9.17, 15) is 0 Å². The summed E-state index contributed by atoms with van der Waals surface area (Å²) in [4.78, 5) is 0. The van der Waals surface area contributed by atoms with Gasteiger partial charge in [0, 0.05) is 10.4 Å².